The first-order valence-electron chi connectivity index (χ1n) is 7.17. The zero-order chi connectivity index (χ0) is 18.8. The third-order valence-electron chi connectivity index (χ3n) is 3.40. The smallest absolute Gasteiger partial charge is 0.255 e. The molecule has 0 spiro atoms. The average molecular weight is 382 g/mol. The summed E-state index contributed by atoms with van der Waals surface area (Å²) in [6.45, 7) is 1.60. The zero-order valence-electron chi connectivity index (χ0n) is 13.7. The fraction of sp³-hybridized carbons (Fsp3) is 0.188. The Morgan fingerprint density at radius 1 is 1.04 bits per heavy atom. The Bertz CT molecular complexity index is 1010. The van der Waals surface area contributed by atoms with E-state index >= 15 is 0 Å². The standard InChI is InChI=1S/C16H18N2O5S2/c1-11-3-8-14(9-15(11)25(17,22)23)18-16(19)13-6-4-12(5-7-13)10-24(2,20)21/h3-9H,10H2,1-2H3,(H,18,19)(H2,17,22,23). The van der Waals surface area contributed by atoms with Gasteiger partial charge in [0.25, 0.3) is 5.91 Å². The highest BCUT2D eigenvalue weighted by atomic mass is 32.2. The van der Waals surface area contributed by atoms with E-state index in [1.165, 1.54) is 18.2 Å². The summed E-state index contributed by atoms with van der Waals surface area (Å²) in [6.07, 6.45) is 1.13. The molecular formula is C16H18N2O5S2. The minimum absolute atomic E-state index is 0.0613. The number of benzene rings is 2. The Labute approximate surface area is 146 Å². The van der Waals surface area contributed by atoms with Crippen molar-refractivity contribution in [3.63, 3.8) is 0 Å². The number of carbonyl (C=O) groups excluding carboxylic acids is 1. The van der Waals surface area contributed by atoms with Crippen molar-refractivity contribution in [2.24, 2.45) is 5.14 Å². The van der Waals surface area contributed by atoms with Crippen LogP contribution in [0.25, 0.3) is 0 Å². The normalized spacial score (nSPS) is 12.0. The third kappa shape index (κ3) is 5.38. The zero-order valence-corrected chi connectivity index (χ0v) is 15.3. The first-order chi connectivity index (χ1) is 11.5. The fourth-order valence-electron chi connectivity index (χ4n) is 2.24. The van der Waals surface area contributed by atoms with Crippen molar-refractivity contribution in [3.8, 4) is 0 Å². The SMILES string of the molecule is Cc1ccc(NC(=O)c2ccc(CS(C)(=O)=O)cc2)cc1S(N)(=O)=O. The summed E-state index contributed by atoms with van der Waals surface area (Å²) in [5, 5.41) is 7.73. The number of carbonyl (C=O) groups is 1. The molecule has 9 heteroatoms. The van der Waals surface area contributed by atoms with Crippen LogP contribution in [0.1, 0.15) is 21.5 Å². The van der Waals surface area contributed by atoms with E-state index in [2.05, 4.69) is 5.32 Å². The van der Waals surface area contributed by atoms with Crippen LogP contribution in [0.4, 0.5) is 5.69 Å². The molecule has 0 heterocycles. The molecule has 0 radical (unpaired) electrons. The van der Waals surface area contributed by atoms with Gasteiger partial charge in [-0.15, -0.1) is 0 Å². The number of sulfonamides is 1. The van der Waals surface area contributed by atoms with Crippen molar-refractivity contribution in [3.05, 3.63) is 59.2 Å². The molecule has 7 nitrogen and oxygen atoms in total. The number of nitrogens with one attached hydrogen (secondary N) is 1. The van der Waals surface area contributed by atoms with Gasteiger partial charge in [0, 0.05) is 17.5 Å². The van der Waals surface area contributed by atoms with E-state index in [9.17, 15) is 21.6 Å². The molecule has 2 aromatic rings. The number of anilines is 1. The molecule has 2 rings (SSSR count). The highest BCUT2D eigenvalue weighted by Crippen LogP contribution is 2.19. The molecule has 0 aliphatic heterocycles. The molecule has 0 atom stereocenters. The summed E-state index contributed by atoms with van der Waals surface area (Å²) in [6, 6.07) is 10.5. The second-order valence-electron chi connectivity index (χ2n) is 5.75. The van der Waals surface area contributed by atoms with Crippen molar-refractivity contribution < 1.29 is 21.6 Å². The van der Waals surface area contributed by atoms with Crippen molar-refractivity contribution in [1.82, 2.24) is 0 Å². The second-order valence-corrected chi connectivity index (χ2v) is 9.42. The lowest BCUT2D eigenvalue weighted by Gasteiger charge is -2.09. The monoisotopic (exact) mass is 382 g/mol. The van der Waals surface area contributed by atoms with Gasteiger partial charge in [0.1, 0.15) is 0 Å². The minimum Gasteiger partial charge on any atom is -0.322 e. The summed E-state index contributed by atoms with van der Waals surface area (Å²) in [4.78, 5) is 12.2. The van der Waals surface area contributed by atoms with Gasteiger partial charge in [0.15, 0.2) is 9.84 Å². The lowest BCUT2D eigenvalue weighted by Crippen LogP contribution is -2.16. The van der Waals surface area contributed by atoms with E-state index in [1.54, 1.807) is 31.2 Å². The molecule has 0 unspecified atom stereocenters. The molecule has 0 saturated carbocycles. The molecule has 25 heavy (non-hydrogen) atoms. The number of hydrogen-bond acceptors (Lipinski definition) is 5. The van der Waals surface area contributed by atoms with Crippen LogP contribution in [0.15, 0.2) is 47.4 Å². The summed E-state index contributed by atoms with van der Waals surface area (Å²) >= 11 is 0. The van der Waals surface area contributed by atoms with Crippen LogP contribution in [-0.4, -0.2) is 29.0 Å². The molecule has 0 fully saturated rings. The quantitative estimate of drug-likeness (QED) is 0.810. The van der Waals surface area contributed by atoms with Crippen LogP contribution in [0.2, 0.25) is 0 Å². The molecule has 0 saturated heterocycles. The van der Waals surface area contributed by atoms with Gasteiger partial charge in [0.2, 0.25) is 10.0 Å². The van der Waals surface area contributed by atoms with E-state index in [-0.39, 0.29) is 10.6 Å². The highest BCUT2D eigenvalue weighted by molar-refractivity contribution is 7.90. The number of sulfone groups is 1. The number of aryl methyl sites for hydroxylation is 1. The molecular weight excluding hydrogens is 364 g/mol. The Morgan fingerprint density at radius 2 is 1.64 bits per heavy atom. The van der Waals surface area contributed by atoms with Crippen LogP contribution >= 0.6 is 0 Å². The van der Waals surface area contributed by atoms with Gasteiger partial charge in [0.05, 0.1) is 10.6 Å². The number of hydrogen-bond donors (Lipinski definition) is 2. The topological polar surface area (TPSA) is 123 Å². The third-order valence-corrected chi connectivity index (χ3v) is 5.31. The van der Waals surface area contributed by atoms with Crippen molar-refractivity contribution in [2.45, 2.75) is 17.6 Å². The van der Waals surface area contributed by atoms with Crippen molar-refractivity contribution in [2.75, 3.05) is 11.6 Å². The number of nitrogens with two attached hydrogens (primary N) is 1. The van der Waals surface area contributed by atoms with Crippen LogP contribution in [0, 0.1) is 6.92 Å². The van der Waals surface area contributed by atoms with E-state index < -0.39 is 25.8 Å². The maximum Gasteiger partial charge on any atom is 0.255 e. The highest BCUT2D eigenvalue weighted by Gasteiger charge is 2.14. The largest absolute Gasteiger partial charge is 0.322 e. The molecule has 3 N–H and O–H groups in total. The molecule has 2 aromatic carbocycles. The maximum absolute atomic E-state index is 12.2. The van der Waals surface area contributed by atoms with Gasteiger partial charge in [-0.2, -0.15) is 0 Å². The molecule has 0 bridgehead atoms. The second kappa shape index (κ2) is 6.95. The first-order valence-corrected chi connectivity index (χ1v) is 10.8. The van der Waals surface area contributed by atoms with E-state index in [0.29, 0.717) is 22.4 Å². The Morgan fingerprint density at radius 3 is 2.16 bits per heavy atom. The minimum atomic E-state index is -3.89. The Kier molecular flexibility index (Phi) is 5.31. The molecule has 134 valence electrons. The molecule has 1 amide bonds. The lowest BCUT2D eigenvalue weighted by atomic mass is 10.1. The first kappa shape index (κ1) is 19.1. The summed E-state index contributed by atoms with van der Waals surface area (Å²) in [5.74, 6) is -0.556. The Hall–Kier alpha value is -2.23. The van der Waals surface area contributed by atoms with Crippen LogP contribution in [0.5, 0.6) is 0 Å². The van der Waals surface area contributed by atoms with Crippen molar-refractivity contribution in [1.29, 1.82) is 0 Å². The van der Waals surface area contributed by atoms with Crippen molar-refractivity contribution >= 4 is 31.5 Å². The lowest BCUT2D eigenvalue weighted by molar-refractivity contribution is 0.102. The number of rotatable bonds is 5. The van der Waals surface area contributed by atoms with Gasteiger partial charge < -0.3 is 5.32 Å². The van der Waals surface area contributed by atoms with E-state index in [0.717, 1.165) is 6.26 Å². The summed E-state index contributed by atoms with van der Waals surface area (Å²) in [7, 11) is -7.04. The van der Waals surface area contributed by atoms with Gasteiger partial charge >= 0.3 is 0 Å². The summed E-state index contributed by atoms with van der Waals surface area (Å²) in [5.41, 5.74) is 1.66. The maximum atomic E-state index is 12.2. The summed E-state index contributed by atoms with van der Waals surface area (Å²) < 4.78 is 45.6. The van der Waals surface area contributed by atoms with Gasteiger partial charge in [-0.05, 0) is 42.3 Å². The molecule has 0 aliphatic rings. The Balaban J connectivity index is 2.20. The number of amides is 1. The van der Waals surface area contributed by atoms with Crippen LogP contribution in [-0.2, 0) is 25.6 Å². The van der Waals surface area contributed by atoms with E-state index in [1.807, 2.05) is 0 Å². The average Bonchev–Trinajstić information content (AvgIpc) is 2.47. The number of primary sulfonamides is 1. The van der Waals surface area contributed by atoms with Crippen LogP contribution < -0.4 is 10.5 Å². The van der Waals surface area contributed by atoms with Gasteiger partial charge in [-0.1, -0.05) is 18.2 Å². The molecule has 0 aromatic heterocycles. The van der Waals surface area contributed by atoms with Gasteiger partial charge in [-0.25, -0.2) is 22.0 Å². The molecule has 0 aliphatic carbocycles. The predicted octanol–water partition coefficient (Wildman–Crippen LogP) is 1.44. The fourth-order valence-corrected chi connectivity index (χ4v) is 3.85. The van der Waals surface area contributed by atoms with Crippen LogP contribution in [0.3, 0.4) is 0 Å². The van der Waals surface area contributed by atoms with Gasteiger partial charge in [-0.3, -0.25) is 4.79 Å². The predicted molar refractivity (Wildman–Crippen MR) is 95.5 cm³/mol. The van der Waals surface area contributed by atoms with E-state index in [4.69, 9.17) is 5.14 Å².